The summed E-state index contributed by atoms with van der Waals surface area (Å²) in [7, 11) is 0. The average Bonchev–Trinajstić information content (AvgIpc) is 2.70. The molecule has 5 unspecified atom stereocenters. The zero-order valence-electron chi connectivity index (χ0n) is 10.7. The number of cyclic esters (lactones) is 1. The second-order valence-electron chi connectivity index (χ2n) is 4.86. The summed E-state index contributed by atoms with van der Waals surface area (Å²) in [4.78, 5) is 35.4. The molecule has 0 aliphatic carbocycles. The van der Waals surface area contributed by atoms with Crippen molar-refractivity contribution in [3.8, 4) is 0 Å². The van der Waals surface area contributed by atoms with Crippen LogP contribution in [0.2, 0.25) is 0 Å². The van der Waals surface area contributed by atoms with Crippen molar-refractivity contribution < 1.29 is 34.4 Å². The van der Waals surface area contributed by atoms with Crippen LogP contribution >= 0.6 is 0 Å². The Morgan fingerprint density at radius 2 is 2.20 bits per heavy atom. The lowest BCUT2D eigenvalue weighted by atomic mass is 9.96. The molecule has 9 heteroatoms. The normalized spacial score (nSPS) is 34.5. The first kappa shape index (κ1) is 14.7. The van der Waals surface area contributed by atoms with Crippen LogP contribution < -0.4 is 5.32 Å². The van der Waals surface area contributed by atoms with Crippen molar-refractivity contribution in [1.29, 1.82) is 0 Å². The van der Waals surface area contributed by atoms with E-state index in [9.17, 15) is 24.6 Å². The molecule has 9 nitrogen and oxygen atoms in total. The molecule has 0 aromatic rings. The minimum Gasteiger partial charge on any atom is -0.450 e. The Balaban J connectivity index is 2.32. The van der Waals surface area contributed by atoms with Crippen LogP contribution in [0.15, 0.2) is 0 Å². The van der Waals surface area contributed by atoms with E-state index in [1.165, 1.54) is 6.92 Å². The van der Waals surface area contributed by atoms with Crippen molar-refractivity contribution in [3.63, 3.8) is 0 Å². The topological polar surface area (TPSA) is 136 Å². The molecule has 5 atom stereocenters. The molecule has 2 aliphatic heterocycles. The van der Waals surface area contributed by atoms with Crippen molar-refractivity contribution in [1.82, 2.24) is 10.2 Å². The molecule has 0 saturated carbocycles. The third-order valence-electron chi connectivity index (χ3n) is 3.48. The number of ether oxygens (including phenoxy) is 1. The van der Waals surface area contributed by atoms with Gasteiger partial charge >= 0.3 is 11.9 Å². The first-order chi connectivity index (χ1) is 9.36. The molecule has 2 amide bonds. The number of hydrogen-bond acceptors (Lipinski definition) is 7. The summed E-state index contributed by atoms with van der Waals surface area (Å²) in [5.74, 6) is -2.53. The van der Waals surface area contributed by atoms with Crippen molar-refractivity contribution in [2.75, 3.05) is 13.2 Å². The van der Waals surface area contributed by atoms with Crippen LogP contribution in [0.1, 0.15) is 6.92 Å². The Morgan fingerprint density at radius 1 is 1.55 bits per heavy atom. The van der Waals surface area contributed by atoms with Crippen LogP contribution in [0.5, 0.6) is 0 Å². The highest BCUT2D eigenvalue weighted by Crippen LogP contribution is 2.29. The minimum absolute atomic E-state index is 0.155. The number of morpholine rings is 1. The molecule has 0 aromatic heterocycles. The predicted octanol–water partition coefficient (Wildman–Crippen LogP) is -3.66. The quantitative estimate of drug-likeness (QED) is 0.310. The average molecular weight is 288 g/mol. The lowest BCUT2D eigenvalue weighted by molar-refractivity contribution is -0.185. The van der Waals surface area contributed by atoms with Gasteiger partial charge in [-0.2, -0.15) is 0 Å². The maximum atomic E-state index is 11.7. The lowest BCUT2D eigenvalue weighted by Gasteiger charge is -2.39. The van der Waals surface area contributed by atoms with Crippen molar-refractivity contribution in [2.24, 2.45) is 0 Å². The maximum Gasteiger partial charge on any atom is 0.397 e. The molecule has 0 aromatic carbocycles. The lowest BCUT2D eigenvalue weighted by Crippen LogP contribution is -2.63. The number of fused-ring (bicyclic) bond motifs is 1. The molecule has 2 heterocycles. The highest BCUT2D eigenvalue weighted by atomic mass is 16.6. The van der Waals surface area contributed by atoms with Gasteiger partial charge in [-0.15, -0.1) is 0 Å². The molecule has 112 valence electrons. The summed E-state index contributed by atoms with van der Waals surface area (Å²) >= 11 is 0. The first-order valence-corrected chi connectivity index (χ1v) is 6.12. The van der Waals surface area contributed by atoms with Crippen LogP contribution in [-0.2, 0) is 19.1 Å². The van der Waals surface area contributed by atoms with Gasteiger partial charge in [0.15, 0.2) is 6.10 Å². The highest BCUT2D eigenvalue weighted by molar-refractivity contribution is 6.33. The van der Waals surface area contributed by atoms with Gasteiger partial charge < -0.3 is 30.3 Å². The molecule has 0 radical (unpaired) electrons. The third-order valence-corrected chi connectivity index (χ3v) is 3.48. The molecule has 0 bridgehead atoms. The minimum atomic E-state index is -1.42. The Hall–Kier alpha value is -1.71. The van der Waals surface area contributed by atoms with E-state index in [1.54, 1.807) is 0 Å². The third kappa shape index (κ3) is 2.35. The summed E-state index contributed by atoms with van der Waals surface area (Å²) in [5.41, 5.74) is 0. The van der Waals surface area contributed by atoms with Gasteiger partial charge in [-0.3, -0.25) is 9.59 Å². The van der Waals surface area contributed by atoms with Crippen LogP contribution in [0.3, 0.4) is 0 Å². The highest BCUT2D eigenvalue weighted by Gasteiger charge is 2.55. The molecule has 2 saturated heterocycles. The van der Waals surface area contributed by atoms with E-state index >= 15 is 0 Å². The SMILES string of the molecule is CC(=O)NC1C(O)CN2C(=O)C(=O)OC(C(O)CO)C12. The van der Waals surface area contributed by atoms with Gasteiger partial charge in [0.1, 0.15) is 6.10 Å². The van der Waals surface area contributed by atoms with Crippen LogP contribution in [0.4, 0.5) is 0 Å². The fourth-order valence-corrected chi connectivity index (χ4v) is 2.65. The second kappa shape index (κ2) is 5.35. The Bertz CT molecular complexity index is 440. The van der Waals surface area contributed by atoms with Crippen molar-refractivity contribution in [3.05, 3.63) is 0 Å². The monoisotopic (exact) mass is 288 g/mol. The van der Waals surface area contributed by atoms with Crippen LogP contribution in [0, 0.1) is 0 Å². The molecule has 20 heavy (non-hydrogen) atoms. The van der Waals surface area contributed by atoms with Gasteiger partial charge in [-0.1, -0.05) is 0 Å². The standard InChI is InChI=1S/C11H16N2O7/c1-4(15)12-7-5(16)2-13-8(7)9(6(17)3-14)20-11(19)10(13)18/h5-9,14,16-17H,2-3H2,1H3,(H,12,15). The van der Waals surface area contributed by atoms with Gasteiger partial charge in [-0.05, 0) is 0 Å². The number of nitrogens with one attached hydrogen (secondary N) is 1. The molecular weight excluding hydrogens is 272 g/mol. The number of carbonyl (C=O) groups excluding carboxylic acids is 3. The molecule has 2 rings (SSSR count). The van der Waals surface area contributed by atoms with Crippen LogP contribution in [-0.4, -0.2) is 81.6 Å². The van der Waals surface area contributed by atoms with Gasteiger partial charge in [0.2, 0.25) is 5.91 Å². The van der Waals surface area contributed by atoms with Gasteiger partial charge in [0, 0.05) is 13.5 Å². The zero-order chi connectivity index (χ0) is 15.0. The fraction of sp³-hybridized carbons (Fsp3) is 0.727. The summed E-state index contributed by atoms with van der Waals surface area (Å²) in [6.45, 7) is 0.404. The van der Waals surface area contributed by atoms with Crippen LogP contribution in [0.25, 0.3) is 0 Å². The predicted molar refractivity (Wildman–Crippen MR) is 62.1 cm³/mol. The van der Waals surface area contributed by atoms with E-state index in [0.29, 0.717) is 0 Å². The Morgan fingerprint density at radius 3 is 2.75 bits per heavy atom. The van der Waals surface area contributed by atoms with E-state index < -0.39 is 54.8 Å². The Labute approximate surface area is 114 Å². The maximum absolute atomic E-state index is 11.7. The van der Waals surface area contributed by atoms with E-state index in [-0.39, 0.29) is 6.54 Å². The summed E-state index contributed by atoms with van der Waals surface area (Å²) in [6.07, 6.45) is -3.71. The van der Waals surface area contributed by atoms with Gasteiger partial charge in [0.25, 0.3) is 0 Å². The number of aliphatic hydroxyl groups excluding tert-OH is 3. The number of rotatable bonds is 3. The van der Waals surface area contributed by atoms with Crippen molar-refractivity contribution in [2.45, 2.75) is 37.3 Å². The summed E-state index contributed by atoms with van der Waals surface area (Å²) < 4.78 is 4.82. The molecule has 0 spiro atoms. The van der Waals surface area contributed by atoms with E-state index in [2.05, 4.69) is 5.32 Å². The molecular formula is C11H16N2O7. The fourth-order valence-electron chi connectivity index (χ4n) is 2.65. The number of amides is 2. The smallest absolute Gasteiger partial charge is 0.397 e. The summed E-state index contributed by atoms with van der Waals surface area (Å²) in [5, 5.41) is 31.1. The van der Waals surface area contributed by atoms with Crippen molar-refractivity contribution >= 4 is 17.8 Å². The summed E-state index contributed by atoms with van der Waals surface area (Å²) in [6, 6.07) is -1.79. The molecule has 2 aliphatic rings. The first-order valence-electron chi connectivity index (χ1n) is 6.12. The van der Waals surface area contributed by atoms with Gasteiger partial charge in [-0.25, -0.2) is 4.79 Å². The number of carbonyl (C=O) groups is 3. The zero-order valence-corrected chi connectivity index (χ0v) is 10.7. The number of nitrogens with zero attached hydrogens (tertiary/aromatic N) is 1. The van der Waals surface area contributed by atoms with E-state index in [1.807, 2.05) is 0 Å². The van der Waals surface area contributed by atoms with E-state index in [4.69, 9.17) is 9.84 Å². The number of hydrogen-bond donors (Lipinski definition) is 4. The van der Waals surface area contributed by atoms with E-state index in [0.717, 1.165) is 4.90 Å². The molecule has 4 N–H and O–H groups in total. The number of aliphatic hydroxyl groups is 3. The largest absolute Gasteiger partial charge is 0.450 e. The second-order valence-corrected chi connectivity index (χ2v) is 4.86. The van der Waals surface area contributed by atoms with Gasteiger partial charge in [0.05, 0.1) is 24.8 Å². The Kier molecular flexibility index (Phi) is 3.93. The number of esters is 1. The molecule has 2 fully saturated rings.